The summed E-state index contributed by atoms with van der Waals surface area (Å²) in [4.78, 5) is 13.1. The summed E-state index contributed by atoms with van der Waals surface area (Å²) in [5, 5.41) is 0. The van der Waals surface area contributed by atoms with E-state index in [0.717, 1.165) is 30.4 Å². The molecule has 0 aliphatic carbocycles. The van der Waals surface area contributed by atoms with E-state index >= 15 is 0 Å². The molecule has 1 aliphatic heterocycles. The molecule has 0 radical (unpaired) electrons. The zero-order valence-corrected chi connectivity index (χ0v) is 9.44. The van der Waals surface area contributed by atoms with Gasteiger partial charge in [-0.1, -0.05) is 0 Å². The summed E-state index contributed by atoms with van der Waals surface area (Å²) >= 11 is 0. The number of likely N-dealkylation sites (N-methyl/N-ethyl adjacent to an activating group) is 1. The van der Waals surface area contributed by atoms with E-state index in [-0.39, 0.29) is 0 Å². The van der Waals surface area contributed by atoms with Gasteiger partial charge in [0.15, 0.2) is 0 Å². The van der Waals surface area contributed by atoms with Crippen molar-refractivity contribution < 1.29 is 0 Å². The molecule has 0 bridgehead atoms. The van der Waals surface area contributed by atoms with Crippen molar-refractivity contribution in [2.45, 2.75) is 13.8 Å². The van der Waals surface area contributed by atoms with Crippen LogP contribution in [-0.2, 0) is 0 Å². The number of hydrogen-bond donors (Lipinski definition) is 0. The highest BCUT2D eigenvalue weighted by Gasteiger charge is 2.11. The molecule has 1 aromatic heterocycles. The van der Waals surface area contributed by atoms with E-state index in [1.165, 1.54) is 0 Å². The number of anilines is 1. The van der Waals surface area contributed by atoms with Gasteiger partial charge in [0.2, 0.25) is 5.95 Å². The fourth-order valence-electron chi connectivity index (χ4n) is 1.61. The summed E-state index contributed by atoms with van der Waals surface area (Å²) in [6.07, 6.45) is 4.07. The Morgan fingerprint density at radius 3 is 2.27 bits per heavy atom. The van der Waals surface area contributed by atoms with E-state index < -0.39 is 0 Å². The molecule has 0 fully saturated rings. The Morgan fingerprint density at radius 2 is 1.73 bits per heavy atom. The Hall–Kier alpha value is -1.58. The lowest BCUT2D eigenvalue weighted by Crippen LogP contribution is -2.33. The van der Waals surface area contributed by atoms with Gasteiger partial charge in [-0.15, -0.1) is 0 Å². The maximum absolute atomic E-state index is 4.43. The van der Waals surface area contributed by atoms with Gasteiger partial charge in [-0.3, -0.25) is 0 Å². The molecular weight excluding hydrogens is 188 g/mol. The standard InChI is InChI=1S/C11H16N4/c1-9-8-10(2)13-11(12-9)15-6-4-14(3)5-7-15/h4,6,8H,5,7H2,1-3H3. The molecule has 15 heavy (non-hydrogen) atoms. The third-order valence-electron chi connectivity index (χ3n) is 2.42. The van der Waals surface area contributed by atoms with Gasteiger partial charge in [-0.2, -0.15) is 0 Å². The fraction of sp³-hybridized carbons (Fsp3) is 0.455. The van der Waals surface area contributed by atoms with Crippen LogP contribution in [0, 0.1) is 13.8 Å². The van der Waals surface area contributed by atoms with Crippen LogP contribution in [0.25, 0.3) is 0 Å². The summed E-state index contributed by atoms with van der Waals surface area (Å²) in [5.74, 6) is 0.803. The summed E-state index contributed by atoms with van der Waals surface area (Å²) in [6.45, 7) is 5.94. The lowest BCUT2D eigenvalue weighted by atomic mass is 10.3. The number of aryl methyl sites for hydroxylation is 2. The zero-order valence-electron chi connectivity index (χ0n) is 9.44. The Labute approximate surface area is 90.2 Å². The molecule has 4 nitrogen and oxygen atoms in total. The first-order valence-electron chi connectivity index (χ1n) is 5.12. The van der Waals surface area contributed by atoms with E-state index in [1.807, 2.05) is 32.3 Å². The van der Waals surface area contributed by atoms with Gasteiger partial charge in [0.25, 0.3) is 0 Å². The number of nitrogens with zero attached hydrogens (tertiary/aromatic N) is 4. The van der Waals surface area contributed by atoms with Crippen molar-refractivity contribution in [1.29, 1.82) is 0 Å². The van der Waals surface area contributed by atoms with Gasteiger partial charge in [-0.05, 0) is 19.9 Å². The van der Waals surface area contributed by atoms with Crippen molar-refractivity contribution in [3.05, 3.63) is 29.9 Å². The van der Waals surface area contributed by atoms with Gasteiger partial charge in [0.05, 0.1) is 0 Å². The van der Waals surface area contributed by atoms with Crippen LogP contribution >= 0.6 is 0 Å². The second-order valence-corrected chi connectivity index (χ2v) is 3.92. The lowest BCUT2D eigenvalue weighted by Gasteiger charge is -2.27. The molecule has 0 aromatic carbocycles. The van der Waals surface area contributed by atoms with E-state index in [2.05, 4.69) is 26.8 Å². The first-order valence-corrected chi connectivity index (χ1v) is 5.12. The quantitative estimate of drug-likeness (QED) is 0.690. The minimum atomic E-state index is 0.803. The van der Waals surface area contributed by atoms with E-state index in [4.69, 9.17) is 0 Å². The average Bonchev–Trinajstić information content (AvgIpc) is 2.17. The first kappa shape index (κ1) is 9.96. The highest BCUT2D eigenvalue weighted by Crippen LogP contribution is 2.12. The van der Waals surface area contributed by atoms with Crippen LogP contribution in [0.4, 0.5) is 5.95 Å². The molecule has 80 valence electrons. The summed E-state index contributed by atoms with van der Waals surface area (Å²) in [6, 6.07) is 1.99. The Morgan fingerprint density at radius 1 is 1.07 bits per heavy atom. The van der Waals surface area contributed by atoms with Crippen LogP contribution in [0.2, 0.25) is 0 Å². The molecule has 0 unspecified atom stereocenters. The second-order valence-electron chi connectivity index (χ2n) is 3.92. The Bertz CT molecular complexity index is 366. The van der Waals surface area contributed by atoms with Crippen molar-refractivity contribution in [2.75, 3.05) is 25.0 Å². The molecule has 4 heteroatoms. The predicted octanol–water partition coefficient (Wildman–Crippen LogP) is 1.32. The fourth-order valence-corrected chi connectivity index (χ4v) is 1.61. The summed E-state index contributed by atoms with van der Waals surface area (Å²) in [7, 11) is 2.07. The van der Waals surface area contributed by atoms with E-state index in [1.54, 1.807) is 0 Å². The molecule has 2 rings (SSSR count). The smallest absolute Gasteiger partial charge is 0.229 e. The van der Waals surface area contributed by atoms with Crippen LogP contribution in [-0.4, -0.2) is 35.0 Å². The molecule has 0 amide bonds. The van der Waals surface area contributed by atoms with Crippen LogP contribution in [0.5, 0.6) is 0 Å². The summed E-state index contributed by atoms with van der Waals surface area (Å²) < 4.78 is 0. The topological polar surface area (TPSA) is 32.3 Å². The first-order chi connectivity index (χ1) is 7.15. The SMILES string of the molecule is Cc1cc(C)nc(N2C=CN(C)CC2)n1. The molecule has 2 heterocycles. The third kappa shape index (κ3) is 2.26. The molecule has 0 spiro atoms. The van der Waals surface area contributed by atoms with Crippen LogP contribution in [0.3, 0.4) is 0 Å². The largest absolute Gasteiger partial charge is 0.377 e. The van der Waals surface area contributed by atoms with Crippen LogP contribution < -0.4 is 4.90 Å². The number of rotatable bonds is 1. The Kier molecular flexibility index (Phi) is 2.58. The zero-order chi connectivity index (χ0) is 10.8. The predicted molar refractivity (Wildman–Crippen MR) is 60.6 cm³/mol. The van der Waals surface area contributed by atoms with Gasteiger partial charge >= 0.3 is 0 Å². The van der Waals surface area contributed by atoms with Crippen molar-refractivity contribution in [3.63, 3.8) is 0 Å². The van der Waals surface area contributed by atoms with Crippen molar-refractivity contribution >= 4 is 5.95 Å². The minimum absolute atomic E-state index is 0.803. The van der Waals surface area contributed by atoms with Crippen molar-refractivity contribution in [1.82, 2.24) is 14.9 Å². The molecule has 0 saturated heterocycles. The van der Waals surface area contributed by atoms with Gasteiger partial charge < -0.3 is 9.80 Å². The highest BCUT2D eigenvalue weighted by atomic mass is 15.3. The monoisotopic (exact) mass is 204 g/mol. The molecule has 1 aromatic rings. The minimum Gasteiger partial charge on any atom is -0.377 e. The molecule has 1 aliphatic rings. The third-order valence-corrected chi connectivity index (χ3v) is 2.42. The Balaban J connectivity index is 2.26. The van der Waals surface area contributed by atoms with Crippen molar-refractivity contribution in [2.24, 2.45) is 0 Å². The van der Waals surface area contributed by atoms with Gasteiger partial charge in [0, 0.05) is 43.9 Å². The molecule has 0 saturated carbocycles. The number of aromatic nitrogens is 2. The van der Waals surface area contributed by atoms with Gasteiger partial charge in [0.1, 0.15) is 0 Å². The van der Waals surface area contributed by atoms with E-state index in [0.29, 0.717) is 0 Å². The highest BCUT2D eigenvalue weighted by molar-refractivity contribution is 5.37. The maximum atomic E-state index is 4.43. The van der Waals surface area contributed by atoms with Gasteiger partial charge in [-0.25, -0.2) is 9.97 Å². The van der Waals surface area contributed by atoms with Crippen LogP contribution in [0.1, 0.15) is 11.4 Å². The van der Waals surface area contributed by atoms with Crippen LogP contribution in [0.15, 0.2) is 18.5 Å². The molecule has 0 N–H and O–H groups in total. The lowest BCUT2D eigenvalue weighted by molar-refractivity contribution is 0.445. The van der Waals surface area contributed by atoms with Crippen molar-refractivity contribution in [3.8, 4) is 0 Å². The molecule has 0 atom stereocenters. The summed E-state index contributed by atoms with van der Waals surface area (Å²) in [5.41, 5.74) is 2.04. The second kappa shape index (κ2) is 3.88. The average molecular weight is 204 g/mol. The normalized spacial score (nSPS) is 15.9. The van der Waals surface area contributed by atoms with E-state index in [9.17, 15) is 0 Å². The molecular formula is C11H16N4. The maximum Gasteiger partial charge on any atom is 0.229 e. The number of hydrogen-bond acceptors (Lipinski definition) is 4.